The fourth-order valence-electron chi connectivity index (χ4n) is 2.13. The molecule has 0 saturated heterocycles. The van der Waals surface area contributed by atoms with E-state index in [2.05, 4.69) is 5.32 Å². The van der Waals surface area contributed by atoms with Crippen molar-refractivity contribution in [2.45, 2.75) is 37.1 Å². The van der Waals surface area contributed by atoms with Crippen LogP contribution in [0.25, 0.3) is 0 Å². The molecule has 1 aliphatic carbocycles. The Kier molecular flexibility index (Phi) is 5.38. The molecule has 1 aromatic rings. The lowest BCUT2D eigenvalue weighted by Crippen LogP contribution is -2.36. The van der Waals surface area contributed by atoms with Crippen LogP contribution in [0.4, 0.5) is 0 Å². The van der Waals surface area contributed by atoms with Gasteiger partial charge in [-0.25, -0.2) is 8.42 Å². The monoisotopic (exact) mass is 340 g/mol. The Morgan fingerprint density at radius 1 is 1.35 bits per heavy atom. The molecule has 1 saturated carbocycles. The summed E-state index contributed by atoms with van der Waals surface area (Å²) in [4.78, 5) is 22.9. The highest BCUT2D eigenvalue weighted by atomic mass is 32.2. The number of carboxylic acids is 1. The van der Waals surface area contributed by atoms with Gasteiger partial charge in [-0.1, -0.05) is 13.0 Å². The van der Waals surface area contributed by atoms with E-state index in [0.29, 0.717) is 6.42 Å². The Balaban J connectivity index is 2.26. The first-order valence-electron chi connectivity index (χ1n) is 7.47. The van der Waals surface area contributed by atoms with Crippen LogP contribution in [0.1, 0.15) is 36.5 Å². The number of hydrogen-bond donors (Lipinski definition) is 2. The zero-order chi connectivity index (χ0) is 17.0. The zero-order valence-electron chi connectivity index (χ0n) is 12.9. The lowest BCUT2D eigenvalue weighted by Gasteiger charge is -2.20. The number of carboxylic acid groups (broad SMARTS) is 1. The van der Waals surface area contributed by atoms with Gasteiger partial charge in [-0.3, -0.25) is 9.59 Å². The maximum Gasteiger partial charge on any atom is 0.318 e. The first-order valence-corrected chi connectivity index (χ1v) is 8.91. The quantitative estimate of drug-likeness (QED) is 0.736. The van der Waals surface area contributed by atoms with E-state index in [4.69, 9.17) is 5.11 Å². The van der Waals surface area contributed by atoms with Gasteiger partial charge >= 0.3 is 5.97 Å². The molecule has 0 bridgehead atoms. The third-order valence-electron chi connectivity index (χ3n) is 3.43. The minimum atomic E-state index is -3.95. The van der Waals surface area contributed by atoms with Gasteiger partial charge in [0.2, 0.25) is 10.0 Å². The molecular formula is C15H20N2O5S. The SMILES string of the molecule is CCCN(CC(=O)O)S(=O)(=O)c1cccc(C(=O)NC2CC2)c1. The average Bonchev–Trinajstić information content (AvgIpc) is 3.30. The molecule has 0 aliphatic heterocycles. The number of hydrogen-bond acceptors (Lipinski definition) is 4. The number of nitrogens with zero attached hydrogens (tertiary/aromatic N) is 1. The third-order valence-corrected chi connectivity index (χ3v) is 5.27. The van der Waals surface area contributed by atoms with Gasteiger partial charge in [0.15, 0.2) is 0 Å². The van der Waals surface area contributed by atoms with Crippen molar-refractivity contribution in [3.05, 3.63) is 29.8 Å². The zero-order valence-corrected chi connectivity index (χ0v) is 13.7. The second-order valence-electron chi connectivity index (χ2n) is 5.51. The molecule has 2 N–H and O–H groups in total. The summed E-state index contributed by atoms with van der Waals surface area (Å²) in [7, 11) is -3.95. The summed E-state index contributed by atoms with van der Waals surface area (Å²) in [5.41, 5.74) is 0.254. The Morgan fingerprint density at radius 3 is 2.61 bits per heavy atom. The van der Waals surface area contributed by atoms with Crippen molar-refractivity contribution in [2.75, 3.05) is 13.1 Å². The maximum atomic E-state index is 12.6. The molecule has 7 nitrogen and oxygen atoms in total. The van der Waals surface area contributed by atoms with Gasteiger partial charge in [-0.2, -0.15) is 4.31 Å². The minimum absolute atomic E-state index is 0.0735. The molecule has 2 rings (SSSR count). The van der Waals surface area contributed by atoms with Crippen LogP contribution < -0.4 is 5.32 Å². The van der Waals surface area contributed by atoms with Crippen LogP contribution in [-0.2, 0) is 14.8 Å². The molecule has 0 aromatic heterocycles. The van der Waals surface area contributed by atoms with Crippen LogP contribution in [0.3, 0.4) is 0 Å². The van der Waals surface area contributed by atoms with E-state index in [-0.39, 0.29) is 29.0 Å². The van der Waals surface area contributed by atoms with Crippen LogP contribution in [0.15, 0.2) is 29.2 Å². The number of sulfonamides is 1. The predicted octanol–water partition coefficient (Wildman–Crippen LogP) is 1.06. The fourth-order valence-corrected chi connectivity index (χ4v) is 3.66. The Morgan fingerprint density at radius 2 is 2.04 bits per heavy atom. The van der Waals surface area contributed by atoms with Crippen molar-refractivity contribution in [2.24, 2.45) is 0 Å². The van der Waals surface area contributed by atoms with E-state index in [9.17, 15) is 18.0 Å². The molecule has 0 heterocycles. The Bertz CT molecular complexity index is 698. The van der Waals surface area contributed by atoms with E-state index in [1.54, 1.807) is 6.92 Å². The average molecular weight is 340 g/mol. The van der Waals surface area contributed by atoms with Crippen LogP contribution in [0, 0.1) is 0 Å². The topological polar surface area (TPSA) is 104 Å². The van der Waals surface area contributed by atoms with E-state index in [1.807, 2.05) is 0 Å². The van der Waals surface area contributed by atoms with Gasteiger partial charge in [0, 0.05) is 18.2 Å². The minimum Gasteiger partial charge on any atom is -0.480 e. The van der Waals surface area contributed by atoms with Gasteiger partial charge in [0.25, 0.3) is 5.91 Å². The number of rotatable bonds is 8. The predicted molar refractivity (Wildman–Crippen MR) is 83.6 cm³/mol. The molecule has 23 heavy (non-hydrogen) atoms. The van der Waals surface area contributed by atoms with Crippen molar-refractivity contribution in [1.82, 2.24) is 9.62 Å². The van der Waals surface area contributed by atoms with Crippen molar-refractivity contribution in [3.8, 4) is 0 Å². The van der Waals surface area contributed by atoms with E-state index in [1.165, 1.54) is 24.3 Å². The lowest BCUT2D eigenvalue weighted by atomic mass is 10.2. The first kappa shape index (κ1) is 17.4. The Labute approximate surface area is 135 Å². The van der Waals surface area contributed by atoms with Crippen LogP contribution in [0.5, 0.6) is 0 Å². The van der Waals surface area contributed by atoms with Crippen molar-refractivity contribution < 1.29 is 23.1 Å². The standard InChI is InChI=1S/C15H20N2O5S/c1-2-8-17(10-14(18)19)23(21,22)13-5-3-4-11(9-13)15(20)16-12-6-7-12/h3-5,9,12H,2,6-8,10H2,1H3,(H,16,20)(H,18,19). The molecule has 8 heteroatoms. The molecule has 0 atom stereocenters. The molecule has 0 unspecified atom stereocenters. The number of carbonyl (C=O) groups excluding carboxylic acids is 1. The highest BCUT2D eigenvalue weighted by molar-refractivity contribution is 7.89. The van der Waals surface area contributed by atoms with Gasteiger partial charge in [-0.15, -0.1) is 0 Å². The van der Waals surface area contributed by atoms with E-state index in [0.717, 1.165) is 17.1 Å². The van der Waals surface area contributed by atoms with Gasteiger partial charge in [0.1, 0.15) is 6.54 Å². The van der Waals surface area contributed by atoms with E-state index >= 15 is 0 Å². The molecular weight excluding hydrogens is 320 g/mol. The number of carbonyl (C=O) groups is 2. The highest BCUT2D eigenvalue weighted by Gasteiger charge is 2.28. The molecule has 126 valence electrons. The van der Waals surface area contributed by atoms with Gasteiger partial charge in [0.05, 0.1) is 4.90 Å². The number of aliphatic carboxylic acids is 1. The second kappa shape index (κ2) is 7.10. The smallest absolute Gasteiger partial charge is 0.318 e. The summed E-state index contributed by atoms with van der Waals surface area (Å²) in [6.45, 7) is 1.27. The van der Waals surface area contributed by atoms with Crippen LogP contribution in [0.2, 0.25) is 0 Å². The molecule has 0 radical (unpaired) electrons. The molecule has 1 aromatic carbocycles. The summed E-state index contributed by atoms with van der Waals surface area (Å²) in [5.74, 6) is -1.53. The normalized spacial score (nSPS) is 14.7. The highest BCUT2D eigenvalue weighted by Crippen LogP contribution is 2.21. The van der Waals surface area contributed by atoms with E-state index < -0.39 is 22.5 Å². The van der Waals surface area contributed by atoms with Gasteiger partial charge in [-0.05, 0) is 37.5 Å². The summed E-state index contributed by atoms with van der Waals surface area (Å²) >= 11 is 0. The van der Waals surface area contributed by atoms with Crippen molar-refractivity contribution in [1.29, 1.82) is 0 Å². The number of amides is 1. The molecule has 0 spiro atoms. The summed E-state index contributed by atoms with van der Waals surface area (Å²) in [6, 6.07) is 5.86. The lowest BCUT2D eigenvalue weighted by molar-refractivity contribution is -0.137. The largest absolute Gasteiger partial charge is 0.480 e. The Hall–Kier alpha value is -1.93. The second-order valence-corrected chi connectivity index (χ2v) is 7.45. The molecule has 1 fully saturated rings. The summed E-state index contributed by atoms with van der Waals surface area (Å²) in [5, 5.41) is 11.7. The van der Waals surface area contributed by atoms with Crippen molar-refractivity contribution >= 4 is 21.9 Å². The number of nitrogens with one attached hydrogen (secondary N) is 1. The summed E-state index contributed by atoms with van der Waals surface area (Å²) in [6.07, 6.45) is 2.37. The third kappa shape index (κ3) is 4.52. The maximum absolute atomic E-state index is 12.6. The summed E-state index contributed by atoms with van der Waals surface area (Å²) < 4.78 is 26.1. The van der Waals surface area contributed by atoms with Crippen LogP contribution in [-0.4, -0.2) is 48.8 Å². The van der Waals surface area contributed by atoms with Gasteiger partial charge < -0.3 is 10.4 Å². The van der Waals surface area contributed by atoms with Crippen LogP contribution >= 0.6 is 0 Å². The molecule has 1 amide bonds. The fraction of sp³-hybridized carbons (Fsp3) is 0.467. The molecule has 1 aliphatic rings. The number of benzene rings is 1. The first-order chi connectivity index (χ1) is 10.8. The van der Waals surface area contributed by atoms with Crippen molar-refractivity contribution in [3.63, 3.8) is 0 Å².